The van der Waals surface area contributed by atoms with Gasteiger partial charge in [-0.1, -0.05) is 18.2 Å². The number of para-hydroxylation sites is 1. The van der Waals surface area contributed by atoms with Gasteiger partial charge in [-0.15, -0.1) is 0 Å². The molecule has 130 valence electrons. The number of halogens is 1. The van der Waals surface area contributed by atoms with E-state index in [1.807, 2.05) is 42.6 Å². The molecule has 1 heterocycles. The summed E-state index contributed by atoms with van der Waals surface area (Å²) in [7, 11) is 0. The third kappa shape index (κ3) is 4.05. The van der Waals surface area contributed by atoms with Crippen LogP contribution < -0.4 is 10.6 Å². The quantitative estimate of drug-likeness (QED) is 0.743. The van der Waals surface area contributed by atoms with E-state index in [1.54, 1.807) is 10.9 Å². The van der Waals surface area contributed by atoms with Crippen LogP contribution >= 0.6 is 0 Å². The molecule has 0 unspecified atom stereocenters. The smallest absolute Gasteiger partial charge is 0.315 e. The number of benzene rings is 2. The molecule has 0 atom stereocenters. The van der Waals surface area contributed by atoms with Gasteiger partial charge in [0.25, 0.3) is 0 Å². The van der Waals surface area contributed by atoms with Gasteiger partial charge in [-0.3, -0.25) is 0 Å². The van der Waals surface area contributed by atoms with Gasteiger partial charge in [0.1, 0.15) is 5.82 Å². The van der Waals surface area contributed by atoms with E-state index in [1.165, 1.54) is 18.2 Å². The van der Waals surface area contributed by atoms with Crippen molar-refractivity contribution in [1.29, 1.82) is 5.26 Å². The maximum atomic E-state index is 13.7. The number of carbonyl (C=O) groups excluding carboxylic acids is 1. The van der Waals surface area contributed by atoms with E-state index in [4.69, 9.17) is 5.26 Å². The van der Waals surface area contributed by atoms with Gasteiger partial charge in [0.2, 0.25) is 0 Å². The van der Waals surface area contributed by atoms with Crippen LogP contribution in [0.25, 0.3) is 5.69 Å². The lowest BCUT2D eigenvalue weighted by Crippen LogP contribution is -2.35. The Labute approximate surface area is 149 Å². The molecule has 26 heavy (non-hydrogen) atoms. The molecule has 7 heteroatoms. The minimum atomic E-state index is -0.465. The fraction of sp³-hybridized carbons (Fsp3) is 0.105. The van der Waals surface area contributed by atoms with Gasteiger partial charge in [0.15, 0.2) is 0 Å². The molecule has 2 aromatic carbocycles. The summed E-state index contributed by atoms with van der Waals surface area (Å²) in [4.78, 5) is 12.0. The first-order chi connectivity index (χ1) is 12.7. The molecule has 0 saturated carbocycles. The van der Waals surface area contributed by atoms with E-state index in [0.717, 1.165) is 11.3 Å². The summed E-state index contributed by atoms with van der Waals surface area (Å²) in [5, 5.41) is 18.4. The molecule has 0 fully saturated rings. The SMILES string of the molecule is N#Cc1ccc(F)c(CNC(=O)NCc2ccccc2-n2cccn2)c1. The Hall–Kier alpha value is -3.66. The van der Waals surface area contributed by atoms with E-state index in [0.29, 0.717) is 12.1 Å². The highest BCUT2D eigenvalue weighted by Gasteiger charge is 2.08. The number of urea groups is 1. The number of aromatic nitrogens is 2. The summed E-state index contributed by atoms with van der Waals surface area (Å²) in [6.45, 7) is 0.288. The predicted octanol–water partition coefficient (Wildman–Crippen LogP) is 2.88. The standard InChI is InChI=1S/C19H16FN5O/c20-17-7-6-14(11-21)10-16(17)13-23-19(26)22-12-15-4-1-2-5-18(15)25-9-3-8-24-25/h1-10H,12-13H2,(H2,22,23,26). The van der Waals surface area contributed by atoms with Crippen LogP contribution in [0.1, 0.15) is 16.7 Å². The van der Waals surface area contributed by atoms with Gasteiger partial charge >= 0.3 is 6.03 Å². The fourth-order valence-corrected chi connectivity index (χ4v) is 2.49. The Morgan fingerprint density at radius 2 is 1.88 bits per heavy atom. The topological polar surface area (TPSA) is 82.7 Å². The summed E-state index contributed by atoms with van der Waals surface area (Å²) in [6.07, 6.45) is 3.50. The van der Waals surface area contributed by atoms with Crippen molar-refractivity contribution in [3.05, 3.63) is 83.4 Å². The Kier molecular flexibility index (Phi) is 5.25. The maximum absolute atomic E-state index is 13.7. The highest BCUT2D eigenvalue weighted by atomic mass is 19.1. The van der Waals surface area contributed by atoms with Crippen LogP contribution in [0.3, 0.4) is 0 Å². The number of hydrogen-bond acceptors (Lipinski definition) is 3. The van der Waals surface area contributed by atoms with Crippen LogP contribution in [-0.4, -0.2) is 15.8 Å². The highest BCUT2D eigenvalue weighted by molar-refractivity contribution is 5.74. The average molecular weight is 349 g/mol. The zero-order valence-electron chi connectivity index (χ0n) is 13.8. The number of nitrogens with one attached hydrogen (secondary N) is 2. The monoisotopic (exact) mass is 349 g/mol. The van der Waals surface area contributed by atoms with Crippen LogP contribution in [0, 0.1) is 17.1 Å². The molecular formula is C19H16FN5O. The van der Waals surface area contributed by atoms with Crippen LogP contribution in [0.2, 0.25) is 0 Å². The molecule has 0 saturated heterocycles. The van der Waals surface area contributed by atoms with Crippen LogP contribution in [0.15, 0.2) is 60.9 Å². The zero-order valence-corrected chi connectivity index (χ0v) is 13.8. The van der Waals surface area contributed by atoms with E-state index >= 15 is 0 Å². The highest BCUT2D eigenvalue weighted by Crippen LogP contribution is 2.13. The van der Waals surface area contributed by atoms with Gasteiger partial charge < -0.3 is 10.6 Å². The van der Waals surface area contributed by atoms with Crippen molar-refractivity contribution in [3.8, 4) is 11.8 Å². The van der Waals surface area contributed by atoms with Gasteiger partial charge in [-0.25, -0.2) is 13.9 Å². The minimum Gasteiger partial charge on any atom is -0.334 e. The Balaban J connectivity index is 1.60. The van der Waals surface area contributed by atoms with Crippen molar-refractivity contribution in [2.45, 2.75) is 13.1 Å². The Morgan fingerprint density at radius 1 is 1.12 bits per heavy atom. The van der Waals surface area contributed by atoms with E-state index in [9.17, 15) is 9.18 Å². The Bertz CT molecular complexity index is 947. The maximum Gasteiger partial charge on any atom is 0.315 e. The molecule has 0 radical (unpaired) electrons. The molecule has 3 aromatic rings. The number of amides is 2. The second-order valence-corrected chi connectivity index (χ2v) is 5.53. The number of nitriles is 1. The molecule has 0 aliphatic heterocycles. The van der Waals surface area contributed by atoms with Crippen molar-refractivity contribution >= 4 is 6.03 Å². The van der Waals surface area contributed by atoms with Gasteiger partial charge in [0.05, 0.1) is 17.3 Å². The largest absolute Gasteiger partial charge is 0.334 e. The predicted molar refractivity (Wildman–Crippen MR) is 93.8 cm³/mol. The Morgan fingerprint density at radius 3 is 2.62 bits per heavy atom. The average Bonchev–Trinajstić information content (AvgIpc) is 3.20. The van der Waals surface area contributed by atoms with Gasteiger partial charge in [-0.2, -0.15) is 10.4 Å². The normalized spacial score (nSPS) is 10.2. The van der Waals surface area contributed by atoms with E-state index < -0.39 is 11.8 Å². The second kappa shape index (κ2) is 7.94. The number of nitrogens with zero attached hydrogens (tertiary/aromatic N) is 3. The lowest BCUT2D eigenvalue weighted by Gasteiger charge is -2.12. The van der Waals surface area contributed by atoms with Crippen molar-refractivity contribution in [2.24, 2.45) is 0 Å². The molecule has 2 N–H and O–H groups in total. The molecule has 0 aliphatic carbocycles. The first-order valence-corrected chi connectivity index (χ1v) is 7.95. The summed E-state index contributed by atoms with van der Waals surface area (Å²) in [5.74, 6) is -0.465. The van der Waals surface area contributed by atoms with E-state index in [2.05, 4.69) is 15.7 Å². The van der Waals surface area contributed by atoms with Crippen LogP contribution in [0.4, 0.5) is 9.18 Å². The van der Waals surface area contributed by atoms with Crippen molar-refractivity contribution in [2.75, 3.05) is 0 Å². The minimum absolute atomic E-state index is 0.00596. The fourth-order valence-electron chi connectivity index (χ4n) is 2.49. The van der Waals surface area contributed by atoms with Crippen molar-refractivity contribution in [1.82, 2.24) is 20.4 Å². The molecule has 3 rings (SSSR count). The number of rotatable bonds is 5. The zero-order chi connectivity index (χ0) is 18.4. The molecule has 0 spiro atoms. The molecule has 0 bridgehead atoms. The number of hydrogen-bond donors (Lipinski definition) is 2. The molecule has 0 aliphatic rings. The molecular weight excluding hydrogens is 333 g/mol. The number of carbonyl (C=O) groups is 1. The van der Waals surface area contributed by atoms with Gasteiger partial charge in [0, 0.05) is 31.0 Å². The molecule has 2 amide bonds. The van der Waals surface area contributed by atoms with Gasteiger partial charge in [-0.05, 0) is 35.9 Å². The second-order valence-electron chi connectivity index (χ2n) is 5.53. The third-order valence-corrected chi connectivity index (χ3v) is 3.80. The van der Waals surface area contributed by atoms with Crippen LogP contribution in [0.5, 0.6) is 0 Å². The first kappa shape index (κ1) is 17.2. The first-order valence-electron chi connectivity index (χ1n) is 7.95. The summed E-state index contributed by atoms with van der Waals surface area (Å²) < 4.78 is 15.4. The van der Waals surface area contributed by atoms with Crippen molar-refractivity contribution < 1.29 is 9.18 Å². The molecule has 1 aromatic heterocycles. The van der Waals surface area contributed by atoms with Crippen molar-refractivity contribution in [3.63, 3.8) is 0 Å². The third-order valence-electron chi connectivity index (χ3n) is 3.80. The molecule has 6 nitrogen and oxygen atoms in total. The summed E-state index contributed by atoms with van der Waals surface area (Å²) in [6, 6.07) is 14.9. The van der Waals surface area contributed by atoms with E-state index in [-0.39, 0.29) is 12.1 Å². The lowest BCUT2D eigenvalue weighted by molar-refractivity contribution is 0.240. The van der Waals surface area contributed by atoms with Crippen LogP contribution in [-0.2, 0) is 13.1 Å². The summed E-state index contributed by atoms with van der Waals surface area (Å²) in [5.41, 5.74) is 2.36. The lowest BCUT2D eigenvalue weighted by atomic mass is 10.1. The summed E-state index contributed by atoms with van der Waals surface area (Å²) >= 11 is 0.